The van der Waals surface area contributed by atoms with E-state index in [1.807, 2.05) is 61.5 Å². The summed E-state index contributed by atoms with van der Waals surface area (Å²) in [5.74, 6) is 0.771. The molecule has 122 valence electrons. The third-order valence-corrected chi connectivity index (χ3v) is 4.33. The SMILES string of the molecule is CCc1c(C)n(C(=O)/C=C/c2ccccc2)c2ccc(OC)cc12. The van der Waals surface area contributed by atoms with E-state index in [1.165, 1.54) is 5.56 Å². The molecule has 3 rings (SSSR count). The van der Waals surface area contributed by atoms with Crippen molar-refractivity contribution in [3.63, 3.8) is 0 Å². The fraction of sp³-hybridized carbons (Fsp3) is 0.190. The van der Waals surface area contributed by atoms with Crippen molar-refractivity contribution in [3.8, 4) is 5.75 Å². The predicted octanol–water partition coefficient (Wildman–Crippen LogP) is 4.87. The lowest BCUT2D eigenvalue weighted by molar-refractivity contribution is 0.0972. The highest BCUT2D eigenvalue weighted by Gasteiger charge is 2.16. The quantitative estimate of drug-likeness (QED) is 0.642. The zero-order valence-electron chi connectivity index (χ0n) is 14.2. The van der Waals surface area contributed by atoms with Crippen LogP contribution in [0.3, 0.4) is 0 Å². The van der Waals surface area contributed by atoms with Gasteiger partial charge >= 0.3 is 0 Å². The summed E-state index contributed by atoms with van der Waals surface area (Å²) in [6.45, 7) is 4.11. The molecule has 0 aliphatic heterocycles. The van der Waals surface area contributed by atoms with Crippen LogP contribution in [0.25, 0.3) is 17.0 Å². The normalized spacial score (nSPS) is 11.3. The summed E-state index contributed by atoms with van der Waals surface area (Å²) >= 11 is 0. The molecular weight excluding hydrogens is 298 g/mol. The van der Waals surface area contributed by atoms with Gasteiger partial charge in [-0.05, 0) is 48.7 Å². The first-order valence-electron chi connectivity index (χ1n) is 8.11. The zero-order valence-corrected chi connectivity index (χ0v) is 14.2. The monoisotopic (exact) mass is 319 g/mol. The molecule has 3 aromatic rings. The molecule has 0 amide bonds. The van der Waals surface area contributed by atoms with Crippen molar-refractivity contribution in [1.29, 1.82) is 0 Å². The van der Waals surface area contributed by atoms with Gasteiger partial charge in [0, 0.05) is 17.2 Å². The average molecular weight is 319 g/mol. The molecule has 3 nitrogen and oxygen atoms in total. The second kappa shape index (κ2) is 6.75. The fourth-order valence-corrected chi connectivity index (χ4v) is 3.13. The van der Waals surface area contributed by atoms with Crippen LogP contribution in [0.2, 0.25) is 0 Å². The number of benzene rings is 2. The first kappa shape index (κ1) is 16.1. The number of rotatable bonds is 4. The number of hydrogen-bond donors (Lipinski definition) is 0. The van der Waals surface area contributed by atoms with Gasteiger partial charge in [0.15, 0.2) is 0 Å². The third kappa shape index (κ3) is 2.85. The van der Waals surface area contributed by atoms with Crippen LogP contribution in [-0.4, -0.2) is 17.6 Å². The molecule has 24 heavy (non-hydrogen) atoms. The molecular formula is C21H21NO2. The topological polar surface area (TPSA) is 31.2 Å². The molecule has 0 aliphatic rings. The lowest BCUT2D eigenvalue weighted by Crippen LogP contribution is -2.09. The third-order valence-electron chi connectivity index (χ3n) is 4.33. The number of aryl methyl sites for hydroxylation is 1. The van der Waals surface area contributed by atoms with Crippen LogP contribution < -0.4 is 4.74 Å². The number of aromatic nitrogens is 1. The Balaban J connectivity index is 2.07. The molecule has 1 heterocycles. The number of methoxy groups -OCH3 is 1. The van der Waals surface area contributed by atoms with Crippen molar-refractivity contribution in [2.45, 2.75) is 20.3 Å². The number of ether oxygens (including phenoxy) is 1. The van der Waals surface area contributed by atoms with E-state index in [0.29, 0.717) is 0 Å². The smallest absolute Gasteiger partial charge is 0.255 e. The predicted molar refractivity (Wildman–Crippen MR) is 98.7 cm³/mol. The summed E-state index contributed by atoms with van der Waals surface area (Å²) in [5.41, 5.74) is 4.11. The van der Waals surface area contributed by atoms with Gasteiger partial charge in [-0.3, -0.25) is 9.36 Å². The molecule has 0 radical (unpaired) electrons. The maximum absolute atomic E-state index is 12.8. The minimum Gasteiger partial charge on any atom is -0.497 e. The van der Waals surface area contributed by atoms with Gasteiger partial charge in [0.2, 0.25) is 0 Å². The second-order valence-corrected chi connectivity index (χ2v) is 5.72. The molecule has 2 aromatic carbocycles. The molecule has 0 saturated heterocycles. The van der Waals surface area contributed by atoms with Crippen molar-refractivity contribution >= 4 is 22.9 Å². The van der Waals surface area contributed by atoms with Crippen LogP contribution in [0.5, 0.6) is 5.75 Å². The minimum atomic E-state index is -0.0359. The van der Waals surface area contributed by atoms with Crippen LogP contribution in [0.4, 0.5) is 0 Å². The first-order chi connectivity index (χ1) is 11.7. The van der Waals surface area contributed by atoms with Crippen molar-refractivity contribution < 1.29 is 9.53 Å². The number of hydrogen-bond acceptors (Lipinski definition) is 2. The van der Waals surface area contributed by atoms with E-state index in [-0.39, 0.29) is 5.91 Å². The number of carbonyl (C=O) groups is 1. The summed E-state index contributed by atoms with van der Waals surface area (Å²) in [5, 5.41) is 1.08. The van der Waals surface area contributed by atoms with E-state index < -0.39 is 0 Å². The molecule has 3 heteroatoms. The Morgan fingerprint density at radius 1 is 1.17 bits per heavy atom. The Morgan fingerprint density at radius 3 is 2.58 bits per heavy atom. The highest BCUT2D eigenvalue weighted by Crippen LogP contribution is 2.29. The largest absolute Gasteiger partial charge is 0.497 e. The van der Waals surface area contributed by atoms with Crippen LogP contribution in [0.1, 0.15) is 28.5 Å². The Bertz CT molecular complexity index is 904. The molecule has 0 atom stereocenters. The summed E-state index contributed by atoms with van der Waals surface area (Å²) in [4.78, 5) is 12.8. The Labute approximate surface area is 142 Å². The van der Waals surface area contributed by atoms with Crippen molar-refractivity contribution in [1.82, 2.24) is 4.57 Å². The molecule has 0 unspecified atom stereocenters. The first-order valence-corrected chi connectivity index (χ1v) is 8.11. The van der Waals surface area contributed by atoms with E-state index in [0.717, 1.165) is 34.3 Å². The summed E-state index contributed by atoms with van der Waals surface area (Å²) < 4.78 is 7.11. The van der Waals surface area contributed by atoms with Crippen LogP contribution in [0, 0.1) is 6.92 Å². The van der Waals surface area contributed by atoms with Crippen molar-refractivity contribution in [2.75, 3.05) is 7.11 Å². The second-order valence-electron chi connectivity index (χ2n) is 5.72. The number of nitrogens with zero attached hydrogens (tertiary/aromatic N) is 1. The molecule has 1 aromatic heterocycles. The van der Waals surface area contributed by atoms with Crippen molar-refractivity contribution in [2.24, 2.45) is 0 Å². The zero-order chi connectivity index (χ0) is 17.1. The maximum Gasteiger partial charge on any atom is 0.255 e. The lowest BCUT2D eigenvalue weighted by Gasteiger charge is -2.04. The number of carbonyl (C=O) groups excluding carboxylic acids is 1. The minimum absolute atomic E-state index is 0.0359. The van der Waals surface area contributed by atoms with Crippen LogP contribution in [0.15, 0.2) is 54.6 Å². The van der Waals surface area contributed by atoms with Gasteiger partial charge in [0.1, 0.15) is 5.75 Å². The fourth-order valence-electron chi connectivity index (χ4n) is 3.13. The molecule has 0 saturated carbocycles. The van der Waals surface area contributed by atoms with Gasteiger partial charge in [-0.25, -0.2) is 0 Å². The van der Waals surface area contributed by atoms with Crippen LogP contribution in [-0.2, 0) is 6.42 Å². The van der Waals surface area contributed by atoms with Crippen LogP contribution >= 0.6 is 0 Å². The van der Waals surface area contributed by atoms with E-state index in [2.05, 4.69) is 6.92 Å². The molecule has 0 fully saturated rings. The molecule has 0 spiro atoms. The van der Waals surface area contributed by atoms with Gasteiger partial charge in [0.25, 0.3) is 5.91 Å². The van der Waals surface area contributed by atoms with Gasteiger partial charge in [-0.15, -0.1) is 0 Å². The summed E-state index contributed by atoms with van der Waals surface area (Å²) in [7, 11) is 1.66. The highest BCUT2D eigenvalue weighted by molar-refractivity contribution is 6.02. The lowest BCUT2D eigenvalue weighted by atomic mass is 10.1. The Hall–Kier alpha value is -2.81. The molecule has 0 aliphatic carbocycles. The Morgan fingerprint density at radius 2 is 1.92 bits per heavy atom. The van der Waals surface area contributed by atoms with E-state index in [4.69, 9.17) is 4.74 Å². The van der Waals surface area contributed by atoms with Crippen molar-refractivity contribution in [3.05, 3.63) is 71.4 Å². The summed E-state index contributed by atoms with van der Waals surface area (Å²) in [6.07, 6.45) is 4.35. The highest BCUT2D eigenvalue weighted by atomic mass is 16.5. The van der Waals surface area contributed by atoms with E-state index >= 15 is 0 Å². The van der Waals surface area contributed by atoms with Gasteiger partial charge in [-0.1, -0.05) is 37.3 Å². The Kier molecular flexibility index (Phi) is 4.52. The van der Waals surface area contributed by atoms with Gasteiger partial charge < -0.3 is 4.74 Å². The number of fused-ring (bicyclic) bond motifs is 1. The molecule has 0 N–H and O–H groups in total. The number of allylic oxidation sites excluding steroid dienone is 1. The van der Waals surface area contributed by atoms with Gasteiger partial charge in [0.05, 0.1) is 12.6 Å². The maximum atomic E-state index is 12.8. The summed E-state index contributed by atoms with van der Waals surface area (Å²) in [6, 6.07) is 15.7. The van der Waals surface area contributed by atoms with Gasteiger partial charge in [-0.2, -0.15) is 0 Å². The molecule has 0 bridgehead atoms. The standard InChI is InChI=1S/C21H21NO2/c1-4-18-15(2)22(20-12-11-17(24-3)14-19(18)20)21(23)13-10-16-8-6-5-7-9-16/h5-14H,4H2,1-3H3/b13-10+. The van der Waals surface area contributed by atoms with E-state index in [9.17, 15) is 4.79 Å². The van der Waals surface area contributed by atoms with E-state index in [1.54, 1.807) is 17.8 Å². The average Bonchev–Trinajstić information content (AvgIpc) is 2.90.